The topological polar surface area (TPSA) is 100 Å². The quantitative estimate of drug-likeness (QED) is 0.165. The highest BCUT2D eigenvalue weighted by Crippen LogP contribution is 2.42. The van der Waals surface area contributed by atoms with Crippen molar-refractivity contribution in [1.82, 2.24) is 15.5 Å². The number of nitrogens with zero attached hydrogens (tertiary/aromatic N) is 1. The Labute approximate surface area is 269 Å². The van der Waals surface area contributed by atoms with Gasteiger partial charge in [-0.15, -0.1) is 13.2 Å². The van der Waals surface area contributed by atoms with Crippen LogP contribution in [0.1, 0.15) is 81.2 Å². The largest absolute Gasteiger partial charge is 0.497 e. The van der Waals surface area contributed by atoms with Crippen LogP contribution in [0.5, 0.6) is 5.75 Å². The fourth-order valence-corrected chi connectivity index (χ4v) is 6.11. The van der Waals surface area contributed by atoms with E-state index in [9.17, 15) is 14.7 Å². The molecule has 0 radical (unpaired) electrons. The third-order valence-corrected chi connectivity index (χ3v) is 8.80. The van der Waals surface area contributed by atoms with E-state index in [1.54, 1.807) is 31.2 Å². The lowest BCUT2D eigenvalue weighted by atomic mass is 9.96. The van der Waals surface area contributed by atoms with Crippen molar-refractivity contribution in [2.75, 3.05) is 27.3 Å². The van der Waals surface area contributed by atoms with Crippen LogP contribution in [0, 0.1) is 5.92 Å². The van der Waals surface area contributed by atoms with Crippen LogP contribution in [0.15, 0.2) is 73.8 Å². The summed E-state index contributed by atoms with van der Waals surface area (Å²) in [4.78, 5) is 28.8. The van der Waals surface area contributed by atoms with Crippen LogP contribution in [0.4, 0.5) is 0 Å². The minimum absolute atomic E-state index is 0.0293. The lowest BCUT2D eigenvalue weighted by Crippen LogP contribution is -2.55. The van der Waals surface area contributed by atoms with Crippen LogP contribution < -0.4 is 15.4 Å². The SMILES string of the molecule is C=CCO[C@@H]1C[C@H](NC[C@@H](O)[C@H](Cc2ccccc2)NC(=O)[C@H](CC=C)N(C)C(=O)C(CC)CCCC)c2cc(OC)ccc21. The fourth-order valence-electron chi connectivity index (χ4n) is 6.11. The maximum Gasteiger partial charge on any atom is 0.243 e. The first-order valence-corrected chi connectivity index (χ1v) is 16.3. The summed E-state index contributed by atoms with van der Waals surface area (Å²) in [5.41, 5.74) is 3.15. The van der Waals surface area contributed by atoms with Gasteiger partial charge in [0.1, 0.15) is 11.8 Å². The van der Waals surface area contributed by atoms with Gasteiger partial charge >= 0.3 is 0 Å². The Hall–Kier alpha value is -3.46. The molecule has 1 aliphatic carbocycles. The third kappa shape index (κ3) is 10.0. The molecule has 8 heteroatoms. The third-order valence-electron chi connectivity index (χ3n) is 8.80. The molecule has 246 valence electrons. The minimum atomic E-state index is -0.908. The molecule has 2 aromatic rings. The number of ether oxygens (including phenoxy) is 2. The van der Waals surface area contributed by atoms with Gasteiger partial charge in [-0.05, 0) is 60.9 Å². The molecule has 0 saturated carbocycles. The van der Waals surface area contributed by atoms with Crippen LogP contribution in [-0.2, 0) is 20.7 Å². The molecule has 1 aliphatic rings. The van der Waals surface area contributed by atoms with Gasteiger partial charge < -0.3 is 30.1 Å². The molecule has 8 nitrogen and oxygen atoms in total. The van der Waals surface area contributed by atoms with E-state index < -0.39 is 18.2 Å². The second kappa shape index (κ2) is 18.5. The molecule has 0 fully saturated rings. The number of aliphatic hydroxyl groups excluding tert-OH is 1. The van der Waals surface area contributed by atoms with Crippen LogP contribution >= 0.6 is 0 Å². The van der Waals surface area contributed by atoms with Gasteiger partial charge in [0.15, 0.2) is 0 Å². The summed E-state index contributed by atoms with van der Waals surface area (Å²) in [6.07, 6.45) is 7.35. The summed E-state index contributed by atoms with van der Waals surface area (Å²) in [6, 6.07) is 14.4. The smallest absolute Gasteiger partial charge is 0.243 e. The predicted octanol–water partition coefficient (Wildman–Crippen LogP) is 5.68. The van der Waals surface area contributed by atoms with Crippen LogP contribution in [0.3, 0.4) is 0 Å². The Kier molecular flexibility index (Phi) is 14.8. The Bertz CT molecular complexity index is 1240. The normalized spacial score (nSPS) is 18.2. The highest BCUT2D eigenvalue weighted by molar-refractivity contribution is 5.88. The molecular weight excluding hydrogens is 566 g/mol. The number of benzene rings is 2. The molecule has 0 heterocycles. The molecule has 0 saturated heterocycles. The first-order valence-electron chi connectivity index (χ1n) is 16.3. The van der Waals surface area contributed by atoms with E-state index in [2.05, 4.69) is 30.7 Å². The summed E-state index contributed by atoms with van der Waals surface area (Å²) in [5.74, 6) is 0.298. The maximum absolute atomic E-state index is 13.8. The number of hydrogen-bond acceptors (Lipinski definition) is 6. The van der Waals surface area contributed by atoms with Crippen molar-refractivity contribution in [3.8, 4) is 5.75 Å². The molecule has 2 aromatic carbocycles. The van der Waals surface area contributed by atoms with Gasteiger partial charge in [0.25, 0.3) is 0 Å². The Morgan fingerprint density at radius 1 is 1.11 bits per heavy atom. The molecule has 3 rings (SSSR count). The van der Waals surface area contributed by atoms with E-state index in [0.717, 1.165) is 48.1 Å². The summed E-state index contributed by atoms with van der Waals surface area (Å²) >= 11 is 0. The Morgan fingerprint density at radius 3 is 2.51 bits per heavy atom. The maximum atomic E-state index is 13.8. The fraction of sp³-hybridized carbons (Fsp3) is 0.514. The summed E-state index contributed by atoms with van der Waals surface area (Å²) in [7, 11) is 3.34. The molecule has 0 spiro atoms. The van der Waals surface area contributed by atoms with E-state index in [0.29, 0.717) is 25.9 Å². The van der Waals surface area contributed by atoms with E-state index >= 15 is 0 Å². The van der Waals surface area contributed by atoms with Gasteiger partial charge in [0.05, 0.1) is 32.0 Å². The van der Waals surface area contributed by atoms with Crippen molar-refractivity contribution in [3.05, 3.63) is 90.5 Å². The zero-order chi connectivity index (χ0) is 32.8. The van der Waals surface area contributed by atoms with Crippen molar-refractivity contribution < 1.29 is 24.2 Å². The zero-order valence-corrected chi connectivity index (χ0v) is 27.5. The number of nitrogens with one attached hydrogen (secondary N) is 2. The lowest BCUT2D eigenvalue weighted by molar-refractivity contribution is -0.142. The highest BCUT2D eigenvalue weighted by atomic mass is 16.5. The van der Waals surface area contributed by atoms with E-state index in [1.807, 2.05) is 55.5 Å². The molecule has 6 atom stereocenters. The molecule has 0 aliphatic heterocycles. The number of methoxy groups -OCH3 is 1. The number of aliphatic hydroxyl groups is 1. The average Bonchev–Trinajstić information content (AvgIpc) is 3.41. The van der Waals surface area contributed by atoms with Gasteiger partial charge in [-0.3, -0.25) is 9.59 Å². The second-order valence-electron chi connectivity index (χ2n) is 11.9. The summed E-state index contributed by atoms with van der Waals surface area (Å²) in [5, 5.41) is 18.2. The summed E-state index contributed by atoms with van der Waals surface area (Å²) < 4.78 is 11.5. The number of likely N-dealkylation sites (N-methyl/N-ethyl adjacent to an activating group) is 1. The highest BCUT2D eigenvalue weighted by Gasteiger charge is 2.35. The number of amides is 2. The molecule has 1 unspecified atom stereocenters. The number of fused-ring (bicyclic) bond motifs is 1. The number of rotatable bonds is 20. The average molecular weight is 620 g/mol. The van der Waals surface area contributed by atoms with Crippen molar-refractivity contribution in [2.24, 2.45) is 5.92 Å². The van der Waals surface area contributed by atoms with Crippen molar-refractivity contribution in [2.45, 2.75) is 89.1 Å². The van der Waals surface area contributed by atoms with Crippen LogP contribution in [-0.4, -0.2) is 67.3 Å². The monoisotopic (exact) mass is 619 g/mol. The number of unbranched alkanes of at least 4 members (excludes halogenated alkanes) is 1. The first kappa shape index (κ1) is 36.0. The van der Waals surface area contributed by atoms with E-state index in [-0.39, 0.29) is 36.4 Å². The Balaban J connectivity index is 1.78. The van der Waals surface area contributed by atoms with Gasteiger partial charge in [-0.25, -0.2) is 0 Å². The molecule has 2 amide bonds. The van der Waals surface area contributed by atoms with Gasteiger partial charge in [-0.2, -0.15) is 0 Å². The van der Waals surface area contributed by atoms with Crippen molar-refractivity contribution in [3.63, 3.8) is 0 Å². The van der Waals surface area contributed by atoms with E-state index in [1.165, 1.54) is 0 Å². The van der Waals surface area contributed by atoms with Crippen LogP contribution in [0.2, 0.25) is 0 Å². The first-order chi connectivity index (χ1) is 21.8. The molecule has 45 heavy (non-hydrogen) atoms. The molecule has 3 N–H and O–H groups in total. The van der Waals surface area contributed by atoms with Gasteiger partial charge in [-0.1, -0.05) is 75.2 Å². The minimum Gasteiger partial charge on any atom is -0.497 e. The van der Waals surface area contributed by atoms with Crippen LogP contribution in [0.25, 0.3) is 0 Å². The van der Waals surface area contributed by atoms with Gasteiger partial charge in [0, 0.05) is 25.6 Å². The number of carbonyl (C=O) groups is 2. The zero-order valence-electron chi connectivity index (χ0n) is 27.5. The summed E-state index contributed by atoms with van der Waals surface area (Å²) in [6.45, 7) is 12.4. The lowest BCUT2D eigenvalue weighted by Gasteiger charge is -2.32. The number of hydrogen-bond donors (Lipinski definition) is 3. The molecule has 0 aromatic heterocycles. The second-order valence-corrected chi connectivity index (χ2v) is 11.9. The predicted molar refractivity (Wildman–Crippen MR) is 180 cm³/mol. The molecular formula is C37H53N3O5. The standard InChI is InChI=1S/C37H53N3O5/c1-7-11-18-27(10-4)37(43)40(5)33(15-8-2)36(42)39-32(22-26-16-13-12-14-17-26)34(41)25-38-31-24-35(45-21-9-3)29-20-19-28(44-6)23-30(29)31/h8-9,12-14,16-17,19-20,23,27,31-35,38,41H,2-3,7,10-11,15,18,21-22,24-25H2,1,4-6H3,(H,39,42)/t27?,31-,32-,33-,34+,35+/m0/s1. The Morgan fingerprint density at radius 2 is 1.87 bits per heavy atom. The van der Waals surface area contributed by atoms with Gasteiger partial charge in [0.2, 0.25) is 11.8 Å². The number of carbonyl (C=O) groups excluding carboxylic acids is 2. The van der Waals surface area contributed by atoms with E-state index in [4.69, 9.17) is 9.47 Å². The molecule has 0 bridgehead atoms. The van der Waals surface area contributed by atoms with Crippen molar-refractivity contribution >= 4 is 11.8 Å². The van der Waals surface area contributed by atoms with Crippen molar-refractivity contribution in [1.29, 1.82) is 0 Å².